The minimum atomic E-state index is -0.327. The number of thioether (sulfide) groups is 1. The van der Waals surface area contributed by atoms with Gasteiger partial charge in [-0.25, -0.2) is 4.39 Å². The molecule has 0 aromatic heterocycles. The molecule has 0 unspecified atom stereocenters. The van der Waals surface area contributed by atoms with Gasteiger partial charge in [-0.15, -0.1) is 11.8 Å². The maximum absolute atomic E-state index is 13.4. The summed E-state index contributed by atoms with van der Waals surface area (Å²) in [4.78, 5) is 13.1. The van der Waals surface area contributed by atoms with Crippen LogP contribution in [-0.2, 0) is 9.53 Å². The van der Waals surface area contributed by atoms with E-state index in [9.17, 15) is 9.18 Å². The monoisotopic (exact) mass is 281 g/mol. The Hall–Kier alpha value is -1.07. The van der Waals surface area contributed by atoms with Gasteiger partial charge in [-0.2, -0.15) is 0 Å². The van der Waals surface area contributed by atoms with Crippen molar-refractivity contribution in [3.8, 4) is 0 Å². The third-order valence-electron chi connectivity index (χ3n) is 3.55. The summed E-state index contributed by atoms with van der Waals surface area (Å²) in [5, 5.41) is 3.00. The lowest BCUT2D eigenvalue weighted by Gasteiger charge is -2.27. The van der Waals surface area contributed by atoms with Crippen LogP contribution in [0, 0.1) is 5.82 Å². The number of fused-ring (bicyclic) bond motifs is 1. The van der Waals surface area contributed by atoms with Crippen molar-refractivity contribution >= 4 is 17.7 Å². The summed E-state index contributed by atoms with van der Waals surface area (Å²) in [7, 11) is 0. The third kappa shape index (κ3) is 2.77. The van der Waals surface area contributed by atoms with E-state index in [-0.39, 0.29) is 23.9 Å². The first-order chi connectivity index (χ1) is 9.24. The second-order valence-corrected chi connectivity index (χ2v) is 6.02. The quantitative estimate of drug-likeness (QED) is 0.905. The van der Waals surface area contributed by atoms with Gasteiger partial charge in [-0.1, -0.05) is 0 Å². The lowest BCUT2D eigenvalue weighted by molar-refractivity contribution is -0.130. The van der Waals surface area contributed by atoms with Gasteiger partial charge < -0.3 is 10.1 Å². The Labute approximate surface area is 115 Å². The number of benzene rings is 1. The van der Waals surface area contributed by atoms with Crippen molar-refractivity contribution in [1.29, 1.82) is 0 Å². The van der Waals surface area contributed by atoms with Crippen molar-refractivity contribution in [2.45, 2.75) is 36.3 Å². The predicted octanol–water partition coefficient (Wildman–Crippen LogP) is 2.66. The standard InChI is InChI=1S/C14H16FNO2S/c15-9-3-4-13-10(8-9)11(5-7-19-13)16-14(17)12-2-1-6-18-12/h3-4,8,11-12H,1-2,5-7H2,(H,16,17)/t11-,12+/m0/s1. The van der Waals surface area contributed by atoms with E-state index in [1.807, 2.05) is 0 Å². The molecule has 0 spiro atoms. The molecular formula is C14H16FNO2S. The average Bonchev–Trinajstić information content (AvgIpc) is 2.93. The van der Waals surface area contributed by atoms with Crippen LogP contribution in [0.15, 0.2) is 23.1 Å². The third-order valence-corrected chi connectivity index (χ3v) is 4.67. The van der Waals surface area contributed by atoms with E-state index in [0.717, 1.165) is 35.5 Å². The summed E-state index contributed by atoms with van der Waals surface area (Å²) in [6.45, 7) is 0.657. The normalized spacial score (nSPS) is 25.9. The van der Waals surface area contributed by atoms with Crippen molar-refractivity contribution in [3.05, 3.63) is 29.6 Å². The molecule has 0 saturated carbocycles. The van der Waals surface area contributed by atoms with Crippen LogP contribution in [-0.4, -0.2) is 24.4 Å². The summed E-state index contributed by atoms with van der Waals surface area (Å²) >= 11 is 1.71. The molecule has 2 aliphatic heterocycles. The zero-order valence-corrected chi connectivity index (χ0v) is 11.3. The highest BCUT2D eigenvalue weighted by atomic mass is 32.2. The van der Waals surface area contributed by atoms with Gasteiger partial charge in [-0.3, -0.25) is 4.79 Å². The summed E-state index contributed by atoms with van der Waals surface area (Å²) in [5.74, 6) is 0.622. The van der Waals surface area contributed by atoms with Gasteiger partial charge in [0.1, 0.15) is 11.9 Å². The molecule has 2 aliphatic rings. The Morgan fingerprint density at radius 2 is 2.32 bits per heavy atom. The molecule has 1 aromatic carbocycles. The van der Waals surface area contributed by atoms with Crippen molar-refractivity contribution in [1.82, 2.24) is 5.32 Å². The molecule has 1 amide bonds. The fourth-order valence-electron chi connectivity index (χ4n) is 2.56. The smallest absolute Gasteiger partial charge is 0.249 e. The number of carbonyl (C=O) groups excluding carboxylic acids is 1. The summed E-state index contributed by atoms with van der Waals surface area (Å²) in [5.41, 5.74) is 0.891. The SMILES string of the molecule is O=C(N[C@H]1CCSc2ccc(F)cc21)[C@H]1CCCO1. The highest BCUT2D eigenvalue weighted by Gasteiger charge is 2.28. The van der Waals surface area contributed by atoms with Crippen molar-refractivity contribution in [3.63, 3.8) is 0 Å². The maximum Gasteiger partial charge on any atom is 0.249 e. The molecule has 0 radical (unpaired) electrons. The Morgan fingerprint density at radius 1 is 1.42 bits per heavy atom. The van der Waals surface area contributed by atoms with Crippen LogP contribution in [0.25, 0.3) is 0 Å². The van der Waals surface area contributed by atoms with E-state index in [4.69, 9.17) is 4.74 Å². The van der Waals surface area contributed by atoms with Gasteiger partial charge in [0.05, 0.1) is 6.04 Å². The van der Waals surface area contributed by atoms with Gasteiger partial charge in [0.25, 0.3) is 0 Å². The molecule has 3 nitrogen and oxygen atoms in total. The molecular weight excluding hydrogens is 265 g/mol. The molecule has 0 bridgehead atoms. The van der Waals surface area contributed by atoms with E-state index in [1.165, 1.54) is 12.1 Å². The Kier molecular flexibility index (Phi) is 3.75. The molecule has 1 fully saturated rings. The van der Waals surface area contributed by atoms with Crippen LogP contribution in [0.3, 0.4) is 0 Å². The average molecular weight is 281 g/mol. The Morgan fingerprint density at radius 3 is 3.11 bits per heavy atom. The molecule has 3 rings (SSSR count). The first kappa shape index (κ1) is 12.9. The van der Waals surface area contributed by atoms with Gasteiger partial charge in [0.2, 0.25) is 5.91 Å². The van der Waals surface area contributed by atoms with E-state index < -0.39 is 0 Å². The van der Waals surface area contributed by atoms with E-state index >= 15 is 0 Å². The minimum Gasteiger partial charge on any atom is -0.368 e. The fraction of sp³-hybridized carbons (Fsp3) is 0.500. The molecule has 102 valence electrons. The topological polar surface area (TPSA) is 38.3 Å². The molecule has 1 N–H and O–H groups in total. The second kappa shape index (κ2) is 5.51. The number of hydrogen-bond donors (Lipinski definition) is 1. The van der Waals surface area contributed by atoms with Crippen LogP contribution < -0.4 is 5.32 Å². The van der Waals surface area contributed by atoms with Crippen molar-refractivity contribution < 1.29 is 13.9 Å². The number of rotatable bonds is 2. The van der Waals surface area contributed by atoms with Gasteiger partial charge >= 0.3 is 0 Å². The zero-order valence-electron chi connectivity index (χ0n) is 10.5. The number of nitrogens with one attached hydrogen (secondary N) is 1. The Balaban J connectivity index is 1.75. The molecule has 1 aromatic rings. The first-order valence-electron chi connectivity index (χ1n) is 6.58. The second-order valence-electron chi connectivity index (χ2n) is 4.88. The summed E-state index contributed by atoms with van der Waals surface area (Å²) in [6.07, 6.45) is 2.22. The van der Waals surface area contributed by atoms with Crippen LogP contribution in [0.2, 0.25) is 0 Å². The summed E-state index contributed by atoms with van der Waals surface area (Å²) in [6, 6.07) is 4.70. The van der Waals surface area contributed by atoms with E-state index in [0.29, 0.717) is 6.61 Å². The molecule has 2 heterocycles. The van der Waals surface area contributed by atoms with Crippen LogP contribution in [0.4, 0.5) is 4.39 Å². The number of amides is 1. The van der Waals surface area contributed by atoms with Crippen molar-refractivity contribution in [2.75, 3.05) is 12.4 Å². The molecule has 1 saturated heterocycles. The predicted molar refractivity (Wildman–Crippen MR) is 71.6 cm³/mol. The Bertz CT molecular complexity index is 488. The van der Waals surface area contributed by atoms with E-state index in [2.05, 4.69) is 5.32 Å². The van der Waals surface area contributed by atoms with E-state index in [1.54, 1.807) is 17.8 Å². The number of hydrogen-bond acceptors (Lipinski definition) is 3. The van der Waals surface area contributed by atoms with Gasteiger partial charge in [-0.05, 0) is 43.0 Å². The maximum atomic E-state index is 13.4. The molecule has 2 atom stereocenters. The molecule has 19 heavy (non-hydrogen) atoms. The summed E-state index contributed by atoms with van der Waals surface area (Å²) < 4.78 is 18.7. The number of halogens is 1. The highest BCUT2D eigenvalue weighted by Crippen LogP contribution is 2.36. The van der Waals surface area contributed by atoms with Gasteiger partial charge in [0, 0.05) is 17.3 Å². The number of carbonyl (C=O) groups is 1. The van der Waals surface area contributed by atoms with Crippen LogP contribution in [0.1, 0.15) is 30.9 Å². The lowest BCUT2D eigenvalue weighted by atomic mass is 10.0. The first-order valence-corrected chi connectivity index (χ1v) is 7.57. The van der Waals surface area contributed by atoms with Gasteiger partial charge in [0.15, 0.2) is 0 Å². The zero-order chi connectivity index (χ0) is 13.2. The minimum absolute atomic E-state index is 0.0652. The fourth-order valence-corrected chi connectivity index (χ4v) is 3.67. The van der Waals surface area contributed by atoms with Crippen molar-refractivity contribution in [2.24, 2.45) is 0 Å². The van der Waals surface area contributed by atoms with Crippen LogP contribution >= 0.6 is 11.8 Å². The largest absolute Gasteiger partial charge is 0.368 e. The molecule has 0 aliphatic carbocycles. The highest BCUT2D eigenvalue weighted by molar-refractivity contribution is 7.99. The lowest BCUT2D eigenvalue weighted by Crippen LogP contribution is -2.38. The molecule has 5 heteroatoms. The van der Waals surface area contributed by atoms with Crippen LogP contribution in [0.5, 0.6) is 0 Å². The number of ether oxygens (including phenoxy) is 1.